The number of nitrogens with zero attached hydrogens (tertiary/aromatic N) is 3. The highest BCUT2D eigenvalue weighted by molar-refractivity contribution is 5.94. The van der Waals surface area contributed by atoms with Gasteiger partial charge in [0.25, 0.3) is 0 Å². The SMILES string of the molecule is CN1CC(=O)C2[C@@H](Cc3ccc(O)cc3)C(=O)N(Cc3cccc4ccccc34)C[C@@H]2N1C(=O)NCc1ccccc1. The highest BCUT2D eigenvalue weighted by atomic mass is 16.3. The summed E-state index contributed by atoms with van der Waals surface area (Å²) in [5.74, 6) is -1.29. The average Bonchev–Trinajstić information content (AvgIpc) is 2.99. The minimum absolute atomic E-state index is 0.0443. The van der Waals surface area contributed by atoms with Gasteiger partial charge in [-0.05, 0) is 46.0 Å². The predicted octanol–water partition coefficient (Wildman–Crippen LogP) is 4.37. The second-order valence-electron chi connectivity index (χ2n) is 11.2. The van der Waals surface area contributed by atoms with Gasteiger partial charge in [0, 0.05) is 26.7 Å². The molecule has 2 fully saturated rings. The third-order valence-electron chi connectivity index (χ3n) is 8.45. The molecule has 4 aromatic rings. The topological polar surface area (TPSA) is 93.2 Å². The zero-order valence-electron chi connectivity index (χ0n) is 23.5. The molecule has 4 aromatic carbocycles. The van der Waals surface area contributed by atoms with Crippen molar-refractivity contribution in [2.75, 3.05) is 20.1 Å². The van der Waals surface area contributed by atoms with Crippen molar-refractivity contribution in [3.63, 3.8) is 0 Å². The highest BCUT2D eigenvalue weighted by Crippen LogP contribution is 2.37. The quantitative estimate of drug-likeness (QED) is 0.364. The normalized spacial score (nSPS) is 20.9. The van der Waals surface area contributed by atoms with Crippen molar-refractivity contribution in [1.82, 2.24) is 20.2 Å². The molecule has 0 aliphatic carbocycles. The van der Waals surface area contributed by atoms with Gasteiger partial charge in [0.05, 0.1) is 24.4 Å². The zero-order chi connectivity index (χ0) is 29.2. The summed E-state index contributed by atoms with van der Waals surface area (Å²) in [6.07, 6.45) is 0.335. The van der Waals surface area contributed by atoms with Crippen LogP contribution in [0.4, 0.5) is 4.79 Å². The number of urea groups is 1. The van der Waals surface area contributed by atoms with E-state index < -0.39 is 17.9 Å². The molecule has 2 aliphatic heterocycles. The number of nitrogens with one attached hydrogen (secondary N) is 1. The van der Waals surface area contributed by atoms with Crippen molar-refractivity contribution in [1.29, 1.82) is 0 Å². The molecule has 6 rings (SSSR count). The number of hydrogen-bond acceptors (Lipinski definition) is 5. The number of rotatable bonds is 6. The first-order chi connectivity index (χ1) is 20.4. The van der Waals surface area contributed by atoms with Crippen LogP contribution in [-0.2, 0) is 29.1 Å². The monoisotopic (exact) mass is 562 g/mol. The molecule has 2 aliphatic rings. The van der Waals surface area contributed by atoms with Crippen LogP contribution >= 0.6 is 0 Å². The lowest BCUT2D eigenvalue weighted by Gasteiger charge is -2.52. The lowest BCUT2D eigenvalue weighted by atomic mass is 9.74. The summed E-state index contributed by atoms with van der Waals surface area (Å²) < 4.78 is 0. The van der Waals surface area contributed by atoms with Gasteiger partial charge in [-0.15, -0.1) is 0 Å². The number of likely N-dealkylation sites (N-methyl/N-ethyl adjacent to an activating group) is 1. The van der Waals surface area contributed by atoms with E-state index in [1.807, 2.05) is 66.7 Å². The minimum atomic E-state index is -0.645. The van der Waals surface area contributed by atoms with E-state index in [1.165, 1.54) is 0 Å². The number of piperidine rings is 1. The maximum absolute atomic E-state index is 14.2. The number of hydrogen-bond donors (Lipinski definition) is 2. The van der Waals surface area contributed by atoms with Gasteiger partial charge in [0.1, 0.15) is 5.75 Å². The van der Waals surface area contributed by atoms with Gasteiger partial charge in [-0.1, -0.05) is 84.9 Å². The number of likely N-dealkylation sites (tertiary alicyclic amines) is 1. The molecule has 0 saturated carbocycles. The molecule has 0 radical (unpaired) electrons. The van der Waals surface area contributed by atoms with Crippen molar-refractivity contribution in [2.24, 2.45) is 11.8 Å². The number of carbonyl (C=O) groups is 3. The summed E-state index contributed by atoms with van der Waals surface area (Å²) in [5.41, 5.74) is 2.84. The van der Waals surface area contributed by atoms with Crippen molar-refractivity contribution in [2.45, 2.75) is 25.6 Å². The van der Waals surface area contributed by atoms with Crippen LogP contribution < -0.4 is 5.32 Å². The largest absolute Gasteiger partial charge is 0.508 e. The lowest BCUT2D eigenvalue weighted by Crippen LogP contribution is -2.70. The molecule has 2 saturated heterocycles. The van der Waals surface area contributed by atoms with Crippen LogP contribution in [0.5, 0.6) is 5.75 Å². The molecule has 0 spiro atoms. The fraction of sp³-hybridized carbons (Fsp3) is 0.265. The number of Topliss-reactive ketones (excluding diaryl/α,β-unsaturated/α-hetero) is 1. The average molecular weight is 563 g/mol. The second kappa shape index (κ2) is 11.7. The molecule has 3 amide bonds. The number of ketones is 1. The maximum Gasteiger partial charge on any atom is 0.332 e. The molecule has 214 valence electrons. The van der Waals surface area contributed by atoms with E-state index >= 15 is 0 Å². The van der Waals surface area contributed by atoms with Crippen molar-refractivity contribution in [3.8, 4) is 5.75 Å². The molecular weight excluding hydrogens is 528 g/mol. The van der Waals surface area contributed by atoms with Gasteiger partial charge in [-0.2, -0.15) is 0 Å². The Labute approximate surface area is 245 Å². The number of phenols is 1. The van der Waals surface area contributed by atoms with E-state index in [9.17, 15) is 19.5 Å². The molecule has 42 heavy (non-hydrogen) atoms. The number of fused-ring (bicyclic) bond motifs is 2. The summed E-state index contributed by atoms with van der Waals surface area (Å²) in [6, 6.07) is 29.7. The Morgan fingerprint density at radius 3 is 2.38 bits per heavy atom. The summed E-state index contributed by atoms with van der Waals surface area (Å²) in [6.45, 7) is 1.01. The molecule has 0 aromatic heterocycles. The molecule has 2 N–H and O–H groups in total. The maximum atomic E-state index is 14.2. The lowest BCUT2D eigenvalue weighted by molar-refractivity contribution is -0.166. The van der Waals surface area contributed by atoms with E-state index in [2.05, 4.69) is 11.4 Å². The van der Waals surface area contributed by atoms with Gasteiger partial charge in [-0.25, -0.2) is 9.80 Å². The number of benzene rings is 4. The molecule has 2 heterocycles. The van der Waals surface area contributed by atoms with Crippen LogP contribution in [0.2, 0.25) is 0 Å². The first-order valence-corrected chi connectivity index (χ1v) is 14.3. The summed E-state index contributed by atoms with van der Waals surface area (Å²) >= 11 is 0. The van der Waals surface area contributed by atoms with Gasteiger partial charge in [-0.3, -0.25) is 14.6 Å². The summed E-state index contributed by atoms with van der Waals surface area (Å²) in [5, 5.41) is 18.3. The molecule has 3 atom stereocenters. The molecule has 1 unspecified atom stereocenters. The van der Waals surface area contributed by atoms with E-state index in [0.29, 0.717) is 19.5 Å². The Bertz CT molecular complexity index is 1600. The van der Waals surface area contributed by atoms with Crippen LogP contribution in [-0.4, -0.2) is 63.9 Å². The summed E-state index contributed by atoms with van der Waals surface area (Å²) in [7, 11) is 1.75. The molecule has 8 nitrogen and oxygen atoms in total. The first kappa shape index (κ1) is 27.5. The fourth-order valence-electron chi connectivity index (χ4n) is 6.45. The van der Waals surface area contributed by atoms with E-state index in [1.54, 1.807) is 46.2 Å². The Kier molecular flexibility index (Phi) is 7.63. The Balaban J connectivity index is 1.34. The van der Waals surface area contributed by atoms with Crippen molar-refractivity contribution in [3.05, 3.63) is 114 Å². The van der Waals surface area contributed by atoms with Crippen LogP contribution in [0.1, 0.15) is 16.7 Å². The van der Waals surface area contributed by atoms with E-state index in [0.717, 1.165) is 27.5 Å². The van der Waals surface area contributed by atoms with Gasteiger partial charge >= 0.3 is 6.03 Å². The third kappa shape index (κ3) is 5.45. The van der Waals surface area contributed by atoms with Crippen molar-refractivity contribution >= 4 is 28.5 Å². The smallest absolute Gasteiger partial charge is 0.332 e. The van der Waals surface area contributed by atoms with E-state index in [4.69, 9.17) is 0 Å². The van der Waals surface area contributed by atoms with Gasteiger partial charge < -0.3 is 15.3 Å². The molecule has 0 bridgehead atoms. The second-order valence-corrected chi connectivity index (χ2v) is 11.2. The molecule has 8 heteroatoms. The molecular formula is C34H34N4O4. The minimum Gasteiger partial charge on any atom is -0.508 e. The van der Waals surface area contributed by atoms with Gasteiger partial charge in [0.2, 0.25) is 5.91 Å². The van der Waals surface area contributed by atoms with Gasteiger partial charge in [0.15, 0.2) is 5.78 Å². The Hall–Kier alpha value is -4.69. The fourth-order valence-corrected chi connectivity index (χ4v) is 6.45. The first-order valence-electron chi connectivity index (χ1n) is 14.3. The Morgan fingerprint density at radius 2 is 1.60 bits per heavy atom. The van der Waals surface area contributed by atoms with Crippen LogP contribution in [0.3, 0.4) is 0 Å². The number of phenolic OH excluding ortho intramolecular Hbond substituents is 1. The van der Waals surface area contributed by atoms with E-state index in [-0.39, 0.29) is 36.6 Å². The standard InChI is InChI=1S/C34H34N4O4/c1-36-22-31(40)32-29(18-23-14-16-27(39)17-15-23)33(41)37(20-26-12-7-11-25-10-5-6-13-28(25)26)21-30(32)38(36)34(42)35-19-24-8-3-2-4-9-24/h2-17,29-30,32,39H,18-22H2,1H3,(H,35,42)/t29-,30+,32?/m1/s1. The van der Waals surface area contributed by atoms with Crippen LogP contribution in [0.25, 0.3) is 10.8 Å². The van der Waals surface area contributed by atoms with Crippen LogP contribution in [0, 0.1) is 11.8 Å². The number of amides is 3. The zero-order valence-corrected chi connectivity index (χ0v) is 23.5. The predicted molar refractivity (Wildman–Crippen MR) is 160 cm³/mol. The third-order valence-corrected chi connectivity index (χ3v) is 8.45. The Morgan fingerprint density at radius 1 is 0.881 bits per heavy atom. The van der Waals surface area contributed by atoms with Crippen molar-refractivity contribution < 1.29 is 19.5 Å². The highest BCUT2D eigenvalue weighted by Gasteiger charge is 2.53. The number of carbonyl (C=O) groups excluding carboxylic acids is 3. The number of hydrazine groups is 1. The van der Waals surface area contributed by atoms with Crippen LogP contribution in [0.15, 0.2) is 97.1 Å². The summed E-state index contributed by atoms with van der Waals surface area (Å²) in [4.78, 5) is 43.3. The number of aromatic hydroxyl groups is 1.